The highest BCUT2D eigenvalue weighted by Gasteiger charge is 2.37. The Morgan fingerprint density at radius 1 is 1.20 bits per heavy atom. The highest BCUT2D eigenvalue weighted by Crippen LogP contribution is 2.28. The topological polar surface area (TPSA) is 143 Å². The fourth-order valence-electron chi connectivity index (χ4n) is 5.48. The van der Waals surface area contributed by atoms with Crippen LogP contribution in [0.25, 0.3) is 0 Å². The van der Waals surface area contributed by atoms with Gasteiger partial charge in [-0.15, -0.1) is 0 Å². The predicted molar refractivity (Wildman–Crippen MR) is 149 cm³/mol. The van der Waals surface area contributed by atoms with Crippen molar-refractivity contribution >= 4 is 27.7 Å². The van der Waals surface area contributed by atoms with E-state index >= 15 is 0 Å². The first kappa shape index (κ1) is 29.9. The third kappa shape index (κ3) is 5.88. The highest BCUT2D eigenvalue weighted by molar-refractivity contribution is 7.99. The van der Waals surface area contributed by atoms with E-state index in [0.29, 0.717) is 31.6 Å². The molecule has 4 heterocycles. The third-order valence-electron chi connectivity index (χ3n) is 7.74. The van der Waals surface area contributed by atoms with Crippen LogP contribution in [-0.4, -0.2) is 102 Å². The quantitative estimate of drug-likeness (QED) is 0.460. The summed E-state index contributed by atoms with van der Waals surface area (Å²) in [5.74, 6) is -2.25. The molecule has 1 amide bonds. The summed E-state index contributed by atoms with van der Waals surface area (Å²) in [6.45, 7) is 6.49. The molecule has 2 atom stereocenters. The molecule has 2 saturated heterocycles. The zero-order valence-corrected chi connectivity index (χ0v) is 24.8. The van der Waals surface area contributed by atoms with Gasteiger partial charge < -0.3 is 19.9 Å². The second kappa shape index (κ2) is 11.6. The summed E-state index contributed by atoms with van der Waals surface area (Å²) in [7, 11) is -3.99. The zero-order chi connectivity index (χ0) is 29.5. The van der Waals surface area contributed by atoms with Crippen molar-refractivity contribution in [3.63, 3.8) is 0 Å². The van der Waals surface area contributed by atoms with Crippen LogP contribution in [0.4, 0.5) is 4.39 Å². The van der Waals surface area contributed by atoms with Crippen LogP contribution in [0.15, 0.2) is 27.9 Å². The zero-order valence-electron chi connectivity index (χ0n) is 23.1. The number of carbonyl (C=O) groups is 1. The fraction of sp³-hybridized carbons (Fsp3) is 0.577. The molecule has 2 aromatic rings. The van der Waals surface area contributed by atoms with Crippen LogP contribution >= 0.6 is 11.8 Å². The Balaban J connectivity index is 1.29. The Morgan fingerprint density at radius 2 is 1.93 bits per heavy atom. The molecule has 3 aliphatic heterocycles. The lowest BCUT2D eigenvalue weighted by molar-refractivity contribution is -0.0566. The first-order chi connectivity index (χ1) is 19.4. The number of fused-ring (bicyclic) bond motifs is 1. The van der Waals surface area contributed by atoms with E-state index in [1.54, 1.807) is 25.6 Å². The van der Waals surface area contributed by atoms with E-state index in [0.717, 1.165) is 12.1 Å². The SMILES string of the molecule is CS[C@@H]1COC[C@H]1N1CCN(S(=O)(=O)c2cc(F)cc(CNC(=O)c3nc4n(c(=O)c3O)CCOC4(C)C)c2)CC1. The average Bonchev–Trinajstić information content (AvgIpc) is 3.42. The molecular weight excluding hydrogens is 577 g/mol. The molecule has 1 aromatic carbocycles. The molecule has 3 aliphatic rings. The van der Waals surface area contributed by atoms with Crippen molar-refractivity contribution in [3.8, 4) is 5.75 Å². The molecule has 41 heavy (non-hydrogen) atoms. The van der Waals surface area contributed by atoms with Gasteiger partial charge in [0.2, 0.25) is 15.8 Å². The Kier molecular flexibility index (Phi) is 8.47. The summed E-state index contributed by atoms with van der Waals surface area (Å²) >= 11 is 1.74. The van der Waals surface area contributed by atoms with Crippen LogP contribution in [0.1, 0.15) is 35.7 Å². The molecule has 0 bridgehead atoms. The number of sulfonamides is 1. The summed E-state index contributed by atoms with van der Waals surface area (Å²) < 4.78 is 55.3. The molecule has 15 heteroatoms. The number of aromatic nitrogens is 2. The number of hydrogen-bond acceptors (Lipinski definition) is 10. The van der Waals surface area contributed by atoms with Crippen LogP contribution in [0, 0.1) is 5.82 Å². The molecule has 2 fully saturated rings. The molecule has 0 aliphatic carbocycles. The van der Waals surface area contributed by atoms with Gasteiger partial charge in [-0.3, -0.25) is 19.1 Å². The number of carbonyl (C=O) groups excluding carboxylic acids is 1. The molecule has 0 radical (unpaired) electrons. The van der Waals surface area contributed by atoms with Gasteiger partial charge in [0, 0.05) is 44.0 Å². The van der Waals surface area contributed by atoms with Gasteiger partial charge in [-0.1, -0.05) is 0 Å². The maximum absolute atomic E-state index is 14.6. The number of aromatic hydroxyl groups is 1. The molecule has 0 unspecified atom stereocenters. The van der Waals surface area contributed by atoms with E-state index < -0.39 is 44.4 Å². The smallest absolute Gasteiger partial charge is 0.296 e. The molecular formula is C26H34FN5O7S2. The van der Waals surface area contributed by atoms with E-state index in [2.05, 4.69) is 15.2 Å². The van der Waals surface area contributed by atoms with Crippen LogP contribution in [0.2, 0.25) is 0 Å². The van der Waals surface area contributed by atoms with Crippen LogP contribution in [0.5, 0.6) is 5.75 Å². The Bertz CT molecular complexity index is 1490. The normalized spacial score (nSPS) is 23.3. The van der Waals surface area contributed by atoms with Gasteiger partial charge in [0.15, 0.2) is 5.69 Å². The number of nitrogens with one attached hydrogen (secondary N) is 1. The number of halogens is 1. The molecule has 0 spiro atoms. The van der Waals surface area contributed by atoms with Crippen molar-refractivity contribution in [2.75, 3.05) is 52.3 Å². The lowest BCUT2D eigenvalue weighted by Crippen LogP contribution is -2.54. The number of amides is 1. The van der Waals surface area contributed by atoms with E-state index in [1.165, 1.54) is 14.9 Å². The number of piperazine rings is 1. The largest absolute Gasteiger partial charge is 0.501 e. The minimum absolute atomic E-state index is 0.184. The van der Waals surface area contributed by atoms with Crippen molar-refractivity contribution in [1.82, 2.24) is 24.1 Å². The van der Waals surface area contributed by atoms with Gasteiger partial charge in [0.1, 0.15) is 17.2 Å². The van der Waals surface area contributed by atoms with Crippen molar-refractivity contribution in [2.24, 2.45) is 0 Å². The number of hydrogen-bond donors (Lipinski definition) is 2. The monoisotopic (exact) mass is 611 g/mol. The van der Waals surface area contributed by atoms with Crippen LogP contribution in [0.3, 0.4) is 0 Å². The molecule has 5 rings (SSSR count). The van der Waals surface area contributed by atoms with E-state index in [9.17, 15) is 27.5 Å². The number of benzene rings is 1. The second-order valence-electron chi connectivity index (χ2n) is 10.7. The van der Waals surface area contributed by atoms with E-state index in [-0.39, 0.29) is 55.1 Å². The summed E-state index contributed by atoms with van der Waals surface area (Å²) in [6.07, 6.45) is 2.04. The van der Waals surface area contributed by atoms with Crippen LogP contribution in [-0.2, 0) is 38.2 Å². The standard InChI is InChI=1S/C26H34FN5O7S2/c1-26(2)25-29-21(22(33)24(35)32(25)8-9-39-26)23(34)28-13-16-10-17(27)12-18(11-16)41(36,37)31-6-4-30(5-7-31)19-14-38-15-20(19)40-3/h10-12,19-20,33H,4-9,13-15H2,1-3H3,(H,28,34)/t19-,20-/m1/s1. The molecule has 2 N–H and O–H groups in total. The highest BCUT2D eigenvalue weighted by atomic mass is 32.2. The van der Waals surface area contributed by atoms with Gasteiger partial charge >= 0.3 is 0 Å². The van der Waals surface area contributed by atoms with Crippen molar-refractivity contribution in [2.45, 2.75) is 48.7 Å². The minimum atomic E-state index is -3.99. The van der Waals surface area contributed by atoms with Gasteiger partial charge in [-0.05, 0) is 43.9 Å². The van der Waals surface area contributed by atoms with E-state index in [1.807, 2.05) is 6.26 Å². The third-order valence-corrected chi connectivity index (χ3v) is 10.7. The van der Waals surface area contributed by atoms with Crippen molar-refractivity contribution < 1.29 is 32.2 Å². The molecule has 0 saturated carbocycles. The molecule has 12 nitrogen and oxygen atoms in total. The summed E-state index contributed by atoms with van der Waals surface area (Å²) in [5, 5.41) is 13.2. The second-order valence-corrected chi connectivity index (χ2v) is 13.8. The van der Waals surface area contributed by atoms with Gasteiger partial charge in [0.05, 0.1) is 31.3 Å². The number of nitrogens with zero attached hydrogens (tertiary/aromatic N) is 4. The summed E-state index contributed by atoms with van der Waals surface area (Å²) in [6, 6.07) is 3.62. The number of rotatable bonds is 7. The van der Waals surface area contributed by atoms with Gasteiger partial charge in [0.25, 0.3) is 11.5 Å². The minimum Gasteiger partial charge on any atom is -0.501 e. The maximum atomic E-state index is 14.6. The summed E-state index contributed by atoms with van der Waals surface area (Å²) in [5.41, 5.74) is -2.02. The average molecular weight is 612 g/mol. The van der Waals surface area contributed by atoms with Gasteiger partial charge in [-0.25, -0.2) is 17.8 Å². The van der Waals surface area contributed by atoms with Crippen molar-refractivity contribution in [3.05, 3.63) is 51.5 Å². The first-order valence-electron chi connectivity index (χ1n) is 13.3. The van der Waals surface area contributed by atoms with E-state index in [4.69, 9.17) is 9.47 Å². The lowest BCUT2D eigenvalue weighted by Gasteiger charge is -2.38. The maximum Gasteiger partial charge on any atom is 0.296 e. The Morgan fingerprint density at radius 3 is 2.63 bits per heavy atom. The first-order valence-corrected chi connectivity index (χ1v) is 16.1. The molecule has 1 aromatic heterocycles. The molecule has 224 valence electrons. The van der Waals surface area contributed by atoms with Crippen molar-refractivity contribution in [1.29, 1.82) is 0 Å². The predicted octanol–water partition coefficient (Wildman–Crippen LogP) is 0.720. The Hall–Kier alpha value is -2.56. The van der Waals surface area contributed by atoms with Gasteiger partial charge in [-0.2, -0.15) is 16.1 Å². The number of thioether (sulfide) groups is 1. The Labute approximate surface area is 241 Å². The summed E-state index contributed by atoms with van der Waals surface area (Å²) in [4.78, 5) is 31.8. The van der Waals surface area contributed by atoms with Crippen LogP contribution < -0.4 is 10.9 Å². The lowest BCUT2D eigenvalue weighted by atomic mass is 10.1. The number of ether oxygens (including phenoxy) is 2. The fourth-order valence-corrected chi connectivity index (χ4v) is 7.78.